The van der Waals surface area contributed by atoms with Crippen LogP contribution in [0, 0.1) is 0 Å². The van der Waals surface area contributed by atoms with E-state index in [-0.39, 0.29) is 11.1 Å². The van der Waals surface area contributed by atoms with E-state index in [1.165, 1.54) is 0 Å². The van der Waals surface area contributed by atoms with Crippen molar-refractivity contribution in [1.29, 1.82) is 0 Å². The molecule has 1 saturated heterocycles. The first-order valence-electron chi connectivity index (χ1n) is 6.43. The van der Waals surface area contributed by atoms with Crippen molar-refractivity contribution >= 4 is 14.6 Å². The maximum absolute atomic E-state index is 11.3. The summed E-state index contributed by atoms with van der Waals surface area (Å²) in [6, 6.07) is 0. The highest BCUT2D eigenvalue weighted by Crippen LogP contribution is 2.38. The van der Waals surface area contributed by atoms with Gasteiger partial charge in [0.15, 0.2) is 14.1 Å². The predicted molar refractivity (Wildman–Crippen MR) is 73.0 cm³/mol. The minimum atomic E-state index is -1.97. The topological polar surface area (TPSA) is 44.8 Å². The molecule has 0 radical (unpaired) electrons. The second-order valence-electron chi connectivity index (χ2n) is 6.85. The molecule has 4 nitrogen and oxygen atoms in total. The number of carbonyl (C=O) groups is 1. The summed E-state index contributed by atoms with van der Waals surface area (Å²) < 4.78 is 17.3. The summed E-state index contributed by atoms with van der Waals surface area (Å²) in [5.41, 5.74) is 0. The van der Waals surface area contributed by atoms with E-state index in [0.29, 0.717) is 6.61 Å². The van der Waals surface area contributed by atoms with Crippen molar-refractivity contribution in [1.82, 2.24) is 0 Å². The molecule has 1 aliphatic rings. The van der Waals surface area contributed by atoms with Crippen LogP contribution >= 0.6 is 0 Å². The molecule has 106 valence electrons. The van der Waals surface area contributed by atoms with E-state index in [1.54, 1.807) is 0 Å². The lowest BCUT2D eigenvalue weighted by atomic mass is 10.2. The smallest absolute Gasteiger partial charge is 0.193 e. The Hall–Kier alpha value is -0.233. The second kappa shape index (κ2) is 5.04. The van der Waals surface area contributed by atoms with Crippen molar-refractivity contribution in [2.24, 2.45) is 0 Å². The number of rotatable bonds is 4. The van der Waals surface area contributed by atoms with Crippen LogP contribution in [0.2, 0.25) is 18.1 Å². The predicted octanol–water partition coefficient (Wildman–Crippen LogP) is 2.73. The zero-order chi connectivity index (χ0) is 14.2. The van der Waals surface area contributed by atoms with Gasteiger partial charge in [0, 0.05) is 0 Å². The Morgan fingerprint density at radius 1 is 1.39 bits per heavy atom. The molecular formula is C13H26O4Si. The van der Waals surface area contributed by atoms with E-state index in [9.17, 15) is 4.79 Å². The van der Waals surface area contributed by atoms with E-state index in [4.69, 9.17) is 13.9 Å². The number of carbonyl (C=O) groups excluding carboxylic acids is 1. The average Bonchev–Trinajstić information content (AvgIpc) is 2.53. The highest BCUT2D eigenvalue weighted by Gasteiger charge is 2.44. The minimum absolute atomic E-state index is 0.0727. The van der Waals surface area contributed by atoms with Crippen LogP contribution < -0.4 is 0 Å². The van der Waals surface area contributed by atoms with Crippen LogP contribution in [0.5, 0.6) is 0 Å². The van der Waals surface area contributed by atoms with Crippen molar-refractivity contribution in [3.63, 3.8) is 0 Å². The van der Waals surface area contributed by atoms with E-state index >= 15 is 0 Å². The molecule has 0 bridgehead atoms. The Morgan fingerprint density at radius 2 is 1.94 bits per heavy atom. The monoisotopic (exact) mass is 274 g/mol. The van der Waals surface area contributed by atoms with Gasteiger partial charge in [-0.15, -0.1) is 0 Å². The maximum atomic E-state index is 11.3. The number of aldehydes is 1. The van der Waals surface area contributed by atoms with Crippen LogP contribution in [0.1, 0.15) is 34.6 Å². The van der Waals surface area contributed by atoms with Gasteiger partial charge in [0.1, 0.15) is 18.5 Å². The van der Waals surface area contributed by atoms with Crippen molar-refractivity contribution < 1.29 is 18.7 Å². The Bertz CT molecular complexity index is 307. The summed E-state index contributed by atoms with van der Waals surface area (Å²) in [4.78, 5) is 11.3. The number of hydrogen-bond donors (Lipinski definition) is 0. The molecule has 0 spiro atoms. The third kappa shape index (κ3) is 3.63. The molecule has 1 aliphatic heterocycles. The van der Waals surface area contributed by atoms with Gasteiger partial charge in [-0.3, -0.25) is 0 Å². The van der Waals surface area contributed by atoms with Crippen molar-refractivity contribution in [2.75, 3.05) is 6.61 Å². The maximum Gasteiger partial charge on any atom is 0.193 e. The Kier molecular flexibility index (Phi) is 4.43. The molecule has 1 heterocycles. The van der Waals surface area contributed by atoms with Crippen molar-refractivity contribution in [3.8, 4) is 0 Å². The quantitative estimate of drug-likeness (QED) is 0.584. The number of ether oxygens (including phenoxy) is 2. The SMILES string of the molecule is CC1(C)OC[C@@H]([C@@H](C=O)O[Si](C)(C)C(C)(C)C)O1. The van der Waals surface area contributed by atoms with Gasteiger partial charge >= 0.3 is 0 Å². The summed E-state index contributed by atoms with van der Waals surface area (Å²) in [6.45, 7) is 14.8. The Balaban J connectivity index is 2.72. The second-order valence-corrected chi connectivity index (χ2v) is 11.6. The molecular weight excluding hydrogens is 248 g/mol. The van der Waals surface area contributed by atoms with Gasteiger partial charge in [0.25, 0.3) is 0 Å². The molecule has 0 aromatic carbocycles. The fourth-order valence-corrected chi connectivity index (χ4v) is 2.83. The van der Waals surface area contributed by atoms with Crippen LogP contribution in [-0.4, -0.2) is 39.2 Å². The van der Waals surface area contributed by atoms with Crippen LogP contribution in [0.15, 0.2) is 0 Å². The zero-order valence-corrected chi connectivity index (χ0v) is 13.6. The lowest BCUT2D eigenvalue weighted by Crippen LogP contribution is -2.48. The molecule has 1 fully saturated rings. The lowest BCUT2D eigenvalue weighted by Gasteiger charge is -2.39. The molecule has 0 aliphatic carbocycles. The molecule has 0 N–H and O–H groups in total. The summed E-state index contributed by atoms with van der Waals surface area (Å²) in [6.07, 6.45) is 0.00918. The molecule has 18 heavy (non-hydrogen) atoms. The van der Waals surface area contributed by atoms with E-state index < -0.39 is 20.2 Å². The van der Waals surface area contributed by atoms with Crippen molar-refractivity contribution in [2.45, 2.75) is 70.7 Å². The molecule has 0 unspecified atom stereocenters. The van der Waals surface area contributed by atoms with Gasteiger partial charge in [-0.1, -0.05) is 20.8 Å². The highest BCUT2D eigenvalue weighted by molar-refractivity contribution is 6.74. The summed E-state index contributed by atoms with van der Waals surface area (Å²) in [5.74, 6) is -0.622. The third-order valence-corrected chi connectivity index (χ3v) is 8.24. The van der Waals surface area contributed by atoms with Crippen LogP contribution in [0.3, 0.4) is 0 Å². The normalized spacial score (nSPS) is 26.1. The zero-order valence-electron chi connectivity index (χ0n) is 12.6. The first-order valence-corrected chi connectivity index (χ1v) is 9.34. The molecule has 0 aromatic heterocycles. The molecule has 2 atom stereocenters. The molecule has 0 saturated carbocycles. The van der Waals surface area contributed by atoms with Crippen LogP contribution in [0.4, 0.5) is 0 Å². The van der Waals surface area contributed by atoms with E-state index in [1.807, 2.05) is 13.8 Å². The molecule has 0 aromatic rings. The fourth-order valence-electron chi connectivity index (χ4n) is 1.59. The van der Waals surface area contributed by atoms with Gasteiger partial charge in [-0.05, 0) is 32.0 Å². The highest BCUT2D eigenvalue weighted by atomic mass is 28.4. The largest absolute Gasteiger partial charge is 0.404 e. The molecule has 0 amide bonds. The Morgan fingerprint density at radius 3 is 2.28 bits per heavy atom. The van der Waals surface area contributed by atoms with Gasteiger partial charge in [-0.2, -0.15) is 0 Å². The van der Waals surface area contributed by atoms with Crippen molar-refractivity contribution in [3.05, 3.63) is 0 Å². The fraction of sp³-hybridized carbons (Fsp3) is 0.923. The first kappa shape index (κ1) is 15.8. The Labute approximate surface area is 111 Å². The van der Waals surface area contributed by atoms with Gasteiger partial charge < -0.3 is 18.7 Å². The first-order chi connectivity index (χ1) is 7.98. The molecule has 1 rings (SSSR count). The van der Waals surface area contributed by atoms with Gasteiger partial charge in [-0.25, -0.2) is 0 Å². The minimum Gasteiger partial charge on any atom is -0.404 e. The lowest BCUT2D eigenvalue weighted by molar-refractivity contribution is -0.152. The average molecular weight is 274 g/mol. The summed E-state index contributed by atoms with van der Waals surface area (Å²) in [7, 11) is -1.97. The van der Waals surface area contributed by atoms with Gasteiger partial charge in [0.05, 0.1) is 6.61 Å². The van der Waals surface area contributed by atoms with Gasteiger partial charge in [0.2, 0.25) is 0 Å². The number of hydrogen-bond acceptors (Lipinski definition) is 4. The van der Waals surface area contributed by atoms with E-state index in [0.717, 1.165) is 6.29 Å². The van der Waals surface area contributed by atoms with Crippen LogP contribution in [0.25, 0.3) is 0 Å². The van der Waals surface area contributed by atoms with E-state index in [2.05, 4.69) is 33.9 Å². The summed E-state index contributed by atoms with van der Waals surface area (Å²) in [5, 5.41) is 0.0727. The summed E-state index contributed by atoms with van der Waals surface area (Å²) >= 11 is 0. The standard InChI is InChI=1S/C13H26O4Si/c1-12(2,3)18(6,7)17-10(8-14)11-9-15-13(4,5)16-11/h8,10-11H,9H2,1-7H3/t10-,11+/m1/s1. The van der Waals surface area contributed by atoms with Crippen LogP contribution in [-0.2, 0) is 18.7 Å². The molecule has 5 heteroatoms. The third-order valence-electron chi connectivity index (χ3n) is 3.77.